The number of alkyl halides is 1. The minimum atomic E-state index is -1.49. The molecule has 3 atom stereocenters. The topological polar surface area (TPSA) is 93.1 Å². The fourth-order valence-electron chi connectivity index (χ4n) is 5.06. The molecule has 3 aromatic carbocycles. The molecule has 2 aliphatic heterocycles. The first-order valence-corrected chi connectivity index (χ1v) is 14.7. The largest absolute Gasteiger partial charge is 0.486 e. The van der Waals surface area contributed by atoms with Crippen molar-refractivity contribution in [1.29, 1.82) is 0 Å². The van der Waals surface area contributed by atoms with Gasteiger partial charge in [-0.2, -0.15) is 0 Å². The molecule has 0 fully saturated rings. The summed E-state index contributed by atoms with van der Waals surface area (Å²) in [4.78, 5) is 22.3. The normalized spacial score (nSPS) is 19.2. The molecule has 0 amide bonds. The van der Waals surface area contributed by atoms with Crippen molar-refractivity contribution >= 4 is 23.1 Å². The fourth-order valence-corrected chi connectivity index (χ4v) is 5.06. The molecule has 3 aromatic rings. The van der Waals surface area contributed by atoms with E-state index in [1.807, 2.05) is 20.8 Å². The molecule has 0 saturated heterocycles. The van der Waals surface area contributed by atoms with Crippen LogP contribution >= 0.6 is 0 Å². The second-order valence-electron chi connectivity index (χ2n) is 10.2. The molecule has 3 aliphatic rings. The van der Waals surface area contributed by atoms with Crippen molar-refractivity contribution in [2.45, 2.75) is 46.1 Å². The summed E-state index contributed by atoms with van der Waals surface area (Å²) in [7, 11) is 0. The van der Waals surface area contributed by atoms with Gasteiger partial charge in [0.2, 0.25) is 0 Å². The number of carboxylic acid groups (broad SMARTS) is 2. The van der Waals surface area contributed by atoms with Gasteiger partial charge < -0.3 is 19.7 Å². The Hall–Kier alpha value is -5.31. The Morgan fingerprint density at radius 2 is 1.22 bits per heavy atom. The maximum absolute atomic E-state index is 14.3. The first-order chi connectivity index (χ1) is 22.0. The van der Waals surface area contributed by atoms with Gasteiger partial charge in [0, 0.05) is 22.3 Å². The highest BCUT2D eigenvalue weighted by molar-refractivity contribution is 5.94. The molecule has 46 heavy (non-hydrogen) atoms. The number of aromatic carboxylic acids is 2. The third kappa shape index (κ3) is 7.48. The Morgan fingerprint density at radius 1 is 0.696 bits per heavy atom. The van der Waals surface area contributed by atoms with Gasteiger partial charge >= 0.3 is 11.9 Å². The van der Waals surface area contributed by atoms with Crippen LogP contribution in [0.15, 0.2) is 109 Å². The third-order valence-corrected chi connectivity index (χ3v) is 7.04. The first kappa shape index (κ1) is 33.6. The number of hydrogen-bond acceptors (Lipinski definition) is 4. The molecular weight excluding hydrogens is 597 g/mol. The highest BCUT2D eigenvalue weighted by Crippen LogP contribution is 2.40. The van der Waals surface area contributed by atoms with Gasteiger partial charge in [0.05, 0.1) is 11.1 Å². The standard InChI is InChI=1S/C18H14F2O3.C17H13FO3.C2H6/c1-10-7-14(13-4-2-3-12(19)9-16(13)20)15-8-11(18(21)22)5-6-17(15)23-10;1-10-8-13(12-4-2-3-5-15(12)18)14-9-11(17(19)20)6-7-16(14)21-10;1-2/h2-10,12H,1H3,(H,21,22);2-10H,1H3,(H,19,20);1-2H3. The number of carbonyl (C=O) groups is 2. The predicted molar refractivity (Wildman–Crippen MR) is 171 cm³/mol. The van der Waals surface area contributed by atoms with Crippen LogP contribution in [-0.2, 0) is 0 Å². The van der Waals surface area contributed by atoms with E-state index in [4.69, 9.17) is 19.7 Å². The highest BCUT2D eigenvalue weighted by Gasteiger charge is 2.25. The molecule has 0 spiro atoms. The minimum Gasteiger partial charge on any atom is -0.486 e. The number of rotatable bonds is 4. The number of allylic oxidation sites excluding steroid dienone is 7. The van der Waals surface area contributed by atoms with E-state index in [1.165, 1.54) is 48.6 Å². The van der Waals surface area contributed by atoms with Gasteiger partial charge in [-0.3, -0.25) is 0 Å². The predicted octanol–water partition coefficient (Wildman–Crippen LogP) is 9.00. The van der Waals surface area contributed by atoms with Crippen LogP contribution in [0, 0.1) is 5.82 Å². The number of ether oxygens (including phenoxy) is 2. The number of hydrogen-bond donors (Lipinski definition) is 2. The van der Waals surface area contributed by atoms with E-state index in [2.05, 4.69) is 0 Å². The summed E-state index contributed by atoms with van der Waals surface area (Å²) in [6, 6.07) is 15.5. The van der Waals surface area contributed by atoms with Gasteiger partial charge in [-0.15, -0.1) is 0 Å². The summed E-state index contributed by atoms with van der Waals surface area (Å²) in [5.41, 5.74) is 3.09. The van der Waals surface area contributed by atoms with Crippen molar-refractivity contribution < 1.29 is 42.4 Å². The van der Waals surface area contributed by atoms with Crippen LogP contribution in [0.1, 0.15) is 65.1 Å². The summed E-state index contributed by atoms with van der Waals surface area (Å²) < 4.78 is 53.1. The quantitative estimate of drug-likeness (QED) is 0.299. The van der Waals surface area contributed by atoms with Crippen LogP contribution in [0.5, 0.6) is 11.5 Å². The smallest absolute Gasteiger partial charge is 0.335 e. The second kappa shape index (κ2) is 14.6. The third-order valence-electron chi connectivity index (χ3n) is 7.04. The van der Waals surface area contributed by atoms with Crippen LogP contribution in [-0.4, -0.2) is 40.5 Å². The Bertz CT molecular complexity index is 1800. The molecule has 6 nitrogen and oxygen atoms in total. The zero-order valence-electron chi connectivity index (χ0n) is 25.6. The van der Waals surface area contributed by atoms with Crippen molar-refractivity contribution in [3.8, 4) is 11.5 Å². The lowest BCUT2D eigenvalue weighted by atomic mass is 9.91. The number of carboxylic acids is 2. The molecule has 238 valence electrons. The maximum atomic E-state index is 14.3. The Labute approximate surface area is 265 Å². The van der Waals surface area contributed by atoms with E-state index in [0.717, 1.165) is 6.08 Å². The Balaban J connectivity index is 0.000000199. The molecule has 0 saturated carbocycles. The van der Waals surface area contributed by atoms with E-state index in [0.29, 0.717) is 39.3 Å². The highest BCUT2D eigenvalue weighted by atomic mass is 19.1. The van der Waals surface area contributed by atoms with Crippen molar-refractivity contribution in [2.75, 3.05) is 0 Å². The van der Waals surface area contributed by atoms with E-state index in [9.17, 15) is 22.8 Å². The van der Waals surface area contributed by atoms with Crippen LogP contribution in [0.3, 0.4) is 0 Å². The molecule has 6 rings (SSSR count). The molecule has 9 heteroatoms. The summed E-state index contributed by atoms with van der Waals surface area (Å²) >= 11 is 0. The van der Waals surface area contributed by atoms with E-state index < -0.39 is 23.9 Å². The average molecular weight is 631 g/mol. The van der Waals surface area contributed by atoms with Crippen molar-refractivity contribution in [1.82, 2.24) is 0 Å². The van der Waals surface area contributed by atoms with Gasteiger partial charge in [-0.25, -0.2) is 22.8 Å². The van der Waals surface area contributed by atoms with Crippen LogP contribution < -0.4 is 9.47 Å². The molecule has 0 bridgehead atoms. The van der Waals surface area contributed by atoms with E-state index in [1.54, 1.807) is 49.4 Å². The molecule has 3 unspecified atom stereocenters. The monoisotopic (exact) mass is 630 g/mol. The van der Waals surface area contributed by atoms with Crippen LogP contribution in [0.4, 0.5) is 13.2 Å². The first-order valence-electron chi connectivity index (χ1n) is 14.7. The molecular formula is C37H33F3O6. The van der Waals surface area contributed by atoms with Crippen molar-refractivity contribution in [2.24, 2.45) is 0 Å². The van der Waals surface area contributed by atoms with E-state index >= 15 is 0 Å². The Kier molecular flexibility index (Phi) is 10.7. The Morgan fingerprint density at radius 3 is 1.76 bits per heavy atom. The number of fused-ring (bicyclic) bond motifs is 2. The summed E-state index contributed by atoms with van der Waals surface area (Å²) in [6.07, 6.45) is 6.54. The molecule has 0 radical (unpaired) electrons. The summed E-state index contributed by atoms with van der Waals surface area (Å²) in [5, 5.41) is 18.3. The fraction of sp³-hybridized carbons (Fsp3) is 0.189. The lowest BCUT2D eigenvalue weighted by Crippen LogP contribution is -2.16. The lowest BCUT2D eigenvalue weighted by Gasteiger charge is -2.24. The van der Waals surface area contributed by atoms with Gasteiger partial charge in [0.15, 0.2) is 0 Å². The molecule has 1 aliphatic carbocycles. The number of halogens is 3. The van der Waals surface area contributed by atoms with Gasteiger partial charge in [0.1, 0.15) is 41.5 Å². The molecule has 0 aromatic heterocycles. The van der Waals surface area contributed by atoms with Gasteiger partial charge in [0.25, 0.3) is 0 Å². The van der Waals surface area contributed by atoms with E-state index in [-0.39, 0.29) is 34.7 Å². The van der Waals surface area contributed by atoms with Crippen LogP contribution in [0.25, 0.3) is 11.1 Å². The molecule has 2 N–H and O–H groups in total. The number of benzene rings is 3. The van der Waals surface area contributed by atoms with Gasteiger partial charge in [-0.05, 0) is 91.8 Å². The lowest BCUT2D eigenvalue weighted by molar-refractivity contribution is 0.0686. The van der Waals surface area contributed by atoms with Crippen molar-refractivity contribution in [3.05, 3.63) is 142 Å². The second-order valence-corrected chi connectivity index (χ2v) is 10.2. The minimum absolute atomic E-state index is 0.0744. The van der Waals surface area contributed by atoms with Crippen LogP contribution in [0.2, 0.25) is 0 Å². The zero-order valence-corrected chi connectivity index (χ0v) is 25.6. The SMILES string of the molecule is CC.CC1C=C(C2=CC=CC(F)C=C2F)c2cc(C(=O)O)ccc2O1.CC1C=C(c2ccccc2F)c2cc(C(=O)O)ccc2O1. The van der Waals surface area contributed by atoms with Crippen molar-refractivity contribution in [3.63, 3.8) is 0 Å². The zero-order chi connectivity index (χ0) is 33.5. The maximum Gasteiger partial charge on any atom is 0.335 e. The average Bonchev–Trinajstić information content (AvgIpc) is 3.20. The summed E-state index contributed by atoms with van der Waals surface area (Å²) in [6.45, 7) is 7.65. The summed E-state index contributed by atoms with van der Waals surface area (Å²) in [5.74, 6) is -2.10. The molecule has 2 heterocycles. The van der Waals surface area contributed by atoms with Gasteiger partial charge in [-0.1, -0.05) is 44.2 Å².